The van der Waals surface area contributed by atoms with Crippen molar-refractivity contribution in [1.29, 1.82) is 0 Å². The minimum Gasteiger partial charge on any atom is -0.377 e. The number of benzene rings is 1. The molecule has 3 heterocycles. The molecule has 1 N–H and O–H groups in total. The summed E-state index contributed by atoms with van der Waals surface area (Å²) in [5, 5.41) is 5.42. The van der Waals surface area contributed by atoms with Crippen molar-refractivity contribution >= 4 is 71.4 Å². The quantitative estimate of drug-likeness (QED) is 0.402. The van der Waals surface area contributed by atoms with Gasteiger partial charge < -0.3 is 5.32 Å². The molecule has 3 nitrogen and oxygen atoms in total. The molecule has 4 rings (SSSR count). The fraction of sp³-hybridized carbons (Fsp3) is 0.250. The van der Waals surface area contributed by atoms with Crippen LogP contribution in [0.5, 0.6) is 0 Å². The lowest BCUT2D eigenvalue weighted by atomic mass is 10.1. The van der Waals surface area contributed by atoms with Gasteiger partial charge in [0, 0.05) is 26.4 Å². The smallest absolute Gasteiger partial charge is 0.124 e. The van der Waals surface area contributed by atoms with Crippen molar-refractivity contribution in [3.05, 3.63) is 29.3 Å². The van der Waals surface area contributed by atoms with E-state index in [1.165, 1.54) is 43.8 Å². The van der Waals surface area contributed by atoms with Crippen molar-refractivity contribution in [3.63, 3.8) is 0 Å². The van der Waals surface area contributed by atoms with Gasteiger partial charge in [-0.3, -0.25) is 0 Å². The molecule has 0 spiro atoms. The molecule has 0 atom stereocenters. The van der Waals surface area contributed by atoms with Gasteiger partial charge in [-0.2, -0.15) is 8.75 Å². The molecule has 0 aliphatic heterocycles. The first-order valence-corrected chi connectivity index (χ1v) is 10.2. The van der Waals surface area contributed by atoms with E-state index < -0.39 is 0 Å². The molecule has 0 fully saturated rings. The number of rotatable bonds is 5. The van der Waals surface area contributed by atoms with Crippen molar-refractivity contribution in [2.24, 2.45) is 0 Å². The van der Waals surface area contributed by atoms with Gasteiger partial charge in [-0.25, -0.2) is 0 Å². The van der Waals surface area contributed by atoms with E-state index in [1.54, 1.807) is 11.3 Å². The number of aromatic nitrogens is 2. The summed E-state index contributed by atoms with van der Waals surface area (Å²) >= 11 is 11.0. The van der Waals surface area contributed by atoms with Crippen LogP contribution < -0.4 is 5.32 Å². The van der Waals surface area contributed by atoms with Crippen molar-refractivity contribution in [1.82, 2.24) is 8.75 Å². The molecule has 4 aromatic rings. The van der Waals surface area contributed by atoms with Gasteiger partial charge in [0.1, 0.15) is 11.0 Å². The Balaban J connectivity index is 1.70. The highest BCUT2D eigenvalue weighted by atomic mass is 35.5. The van der Waals surface area contributed by atoms with Gasteiger partial charge in [-0.05, 0) is 30.7 Å². The maximum absolute atomic E-state index is 6.20. The van der Waals surface area contributed by atoms with Crippen LogP contribution in [0.1, 0.15) is 19.8 Å². The van der Waals surface area contributed by atoms with Crippen LogP contribution in [0.3, 0.4) is 0 Å². The molecule has 3 aromatic heterocycles. The second-order valence-electron chi connectivity index (χ2n) is 5.29. The second-order valence-corrected chi connectivity index (χ2v) is 8.39. The topological polar surface area (TPSA) is 37.8 Å². The van der Waals surface area contributed by atoms with E-state index in [0.717, 1.165) is 23.1 Å². The van der Waals surface area contributed by atoms with Crippen LogP contribution in [-0.4, -0.2) is 15.3 Å². The number of fused-ring (bicyclic) bond motifs is 2. The zero-order valence-corrected chi connectivity index (χ0v) is 15.6. The van der Waals surface area contributed by atoms with Crippen LogP contribution >= 0.6 is 46.0 Å². The van der Waals surface area contributed by atoms with E-state index in [0.29, 0.717) is 5.02 Å². The lowest BCUT2D eigenvalue weighted by Crippen LogP contribution is -1.97. The molecule has 0 saturated heterocycles. The van der Waals surface area contributed by atoms with E-state index in [9.17, 15) is 0 Å². The molecular weight excluding hydrogens is 366 g/mol. The summed E-state index contributed by atoms with van der Waals surface area (Å²) in [6, 6.07) is 8.45. The molecule has 7 heteroatoms. The number of nitrogens with zero attached hydrogens (tertiary/aromatic N) is 2. The largest absolute Gasteiger partial charge is 0.377 e. The van der Waals surface area contributed by atoms with E-state index in [4.69, 9.17) is 11.6 Å². The van der Waals surface area contributed by atoms with Gasteiger partial charge in [0.2, 0.25) is 0 Å². The molecule has 0 unspecified atom stereocenters. The Bertz CT molecular complexity index is 938. The normalized spacial score (nSPS) is 11.6. The Hall–Kier alpha value is -1.21. The number of halogens is 1. The predicted octanol–water partition coefficient (Wildman–Crippen LogP) is 6.50. The standard InChI is InChI=1S/C16H14ClN3S3/c1-2-3-6-18-14-8-13-12(22-14)7-11(21-13)9-4-5-10(17)16-15(9)19-23-20-16/h4-5,7-8,18H,2-3,6H2,1H3. The fourth-order valence-corrected chi connectivity index (χ4v) is 5.65. The van der Waals surface area contributed by atoms with Gasteiger partial charge in [0.05, 0.1) is 21.8 Å². The molecule has 23 heavy (non-hydrogen) atoms. The molecule has 0 radical (unpaired) electrons. The van der Waals surface area contributed by atoms with E-state index >= 15 is 0 Å². The SMILES string of the molecule is CCCCNc1cc2sc(-c3ccc(Cl)c4nsnc34)cc2s1. The van der Waals surface area contributed by atoms with Gasteiger partial charge in [0.15, 0.2) is 0 Å². The summed E-state index contributed by atoms with van der Waals surface area (Å²) in [6.07, 6.45) is 2.42. The monoisotopic (exact) mass is 379 g/mol. The lowest BCUT2D eigenvalue weighted by molar-refractivity contribution is 0.836. The minimum atomic E-state index is 0.665. The summed E-state index contributed by atoms with van der Waals surface area (Å²) in [5.74, 6) is 0. The number of unbranched alkanes of at least 4 members (excludes halogenated alkanes) is 1. The highest BCUT2D eigenvalue weighted by Crippen LogP contribution is 2.42. The zero-order valence-electron chi connectivity index (χ0n) is 12.4. The average molecular weight is 380 g/mol. The summed E-state index contributed by atoms with van der Waals surface area (Å²) in [4.78, 5) is 1.22. The Morgan fingerprint density at radius 1 is 1.09 bits per heavy atom. The Morgan fingerprint density at radius 3 is 2.74 bits per heavy atom. The summed E-state index contributed by atoms with van der Waals surface area (Å²) in [7, 11) is 0. The number of hydrogen-bond donors (Lipinski definition) is 1. The Labute approximate surface area is 151 Å². The molecule has 0 bridgehead atoms. The van der Waals surface area contributed by atoms with Crippen LogP contribution in [0.15, 0.2) is 24.3 Å². The van der Waals surface area contributed by atoms with E-state index in [1.807, 2.05) is 23.5 Å². The molecule has 0 saturated carbocycles. The minimum absolute atomic E-state index is 0.665. The summed E-state index contributed by atoms with van der Waals surface area (Å²) in [5.41, 5.74) is 2.82. The fourth-order valence-electron chi connectivity index (χ4n) is 2.48. The van der Waals surface area contributed by atoms with E-state index in [-0.39, 0.29) is 0 Å². The van der Waals surface area contributed by atoms with Crippen molar-refractivity contribution in [2.45, 2.75) is 19.8 Å². The van der Waals surface area contributed by atoms with Gasteiger partial charge in [-0.15, -0.1) is 22.7 Å². The third-order valence-electron chi connectivity index (χ3n) is 3.67. The Morgan fingerprint density at radius 2 is 1.91 bits per heavy atom. The second kappa shape index (κ2) is 6.36. The van der Waals surface area contributed by atoms with Crippen molar-refractivity contribution in [2.75, 3.05) is 11.9 Å². The highest BCUT2D eigenvalue weighted by molar-refractivity contribution is 7.31. The van der Waals surface area contributed by atoms with E-state index in [2.05, 4.69) is 33.1 Å². The van der Waals surface area contributed by atoms with Crippen molar-refractivity contribution < 1.29 is 0 Å². The predicted molar refractivity (Wildman–Crippen MR) is 105 cm³/mol. The van der Waals surface area contributed by atoms with Gasteiger partial charge in [-0.1, -0.05) is 24.9 Å². The van der Waals surface area contributed by atoms with Gasteiger partial charge in [0.25, 0.3) is 0 Å². The molecule has 118 valence electrons. The number of hydrogen-bond acceptors (Lipinski definition) is 6. The lowest BCUT2D eigenvalue weighted by Gasteiger charge is -2.01. The highest BCUT2D eigenvalue weighted by Gasteiger charge is 2.14. The van der Waals surface area contributed by atoms with Crippen LogP contribution in [0.25, 0.3) is 30.9 Å². The number of anilines is 1. The molecular formula is C16H14ClN3S3. The molecule has 0 aliphatic rings. The molecule has 0 amide bonds. The maximum atomic E-state index is 6.20. The Kier molecular flexibility index (Phi) is 4.24. The molecule has 1 aromatic carbocycles. The number of thiophene rings is 2. The van der Waals surface area contributed by atoms with Crippen LogP contribution in [0, 0.1) is 0 Å². The number of nitrogens with one attached hydrogen (secondary N) is 1. The first kappa shape index (κ1) is 15.3. The third-order valence-corrected chi connectivity index (χ3v) is 6.79. The van der Waals surface area contributed by atoms with Crippen molar-refractivity contribution in [3.8, 4) is 10.4 Å². The van der Waals surface area contributed by atoms with Crippen LogP contribution in [0.4, 0.5) is 5.00 Å². The third kappa shape index (κ3) is 2.85. The summed E-state index contributed by atoms with van der Waals surface area (Å²) in [6.45, 7) is 3.25. The first-order valence-electron chi connectivity index (χ1n) is 7.44. The average Bonchev–Trinajstić information content (AvgIpc) is 3.22. The summed E-state index contributed by atoms with van der Waals surface area (Å²) < 4.78 is 11.3. The molecule has 0 aliphatic carbocycles. The maximum Gasteiger partial charge on any atom is 0.124 e. The van der Waals surface area contributed by atoms with Crippen LogP contribution in [-0.2, 0) is 0 Å². The zero-order chi connectivity index (χ0) is 15.8. The first-order chi connectivity index (χ1) is 11.3. The van der Waals surface area contributed by atoms with Crippen LogP contribution in [0.2, 0.25) is 5.02 Å². The van der Waals surface area contributed by atoms with Gasteiger partial charge >= 0.3 is 0 Å².